The minimum atomic E-state index is -0.563. The van der Waals surface area contributed by atoms with Crippen LogP contribution >= 0.6 is 11.6 Å². The van der Waals surface area contributed by atoms with Gasteiger partial charge in [0.15, 0.2) is 0 Å². The van der Waals surface area contributed by atoms with E-state index >= 15 is 0 Å². The number of hydrogen-bond acceptors (Lipinski definition) is 5. The SMILES string of the molecule is N=Cc1ccc(NC(=O)C#Cc2ccccc2)cc1O.NC(=O)c1ccc(O)c(Cl)c1. The summed E-state index contributed by atoms with van der Waals surface area (Å²) in [5.41, 5.74) is 6.81. The van der Waals surface area contributed by atoms with Crippen LogP contribution in [0.25, 0.3) is 0 Å². The standard InChI is InChI=1S/C16H12N2O2.C7H6ClNO2/c17-11-13-7-8-14(10-15(13)19)18-16(20)9-6-12-4-2-1-3-5-12;8-5-3-4(7(9)11)1-2-6(5)10/h1-5,7-8,10-11,17,19H,(H,18,20);1-3,10H,(H2,9,11). The summed E-state index contributed by atoms with van der Waals surface area (Å²) in [6.45, 7) is 0. The lowest BCUT2D eigenvalue weighted by Gasteiger charge is -2.03. The summed E-state index contributed by atoms with van der Waals surface area (Å²) in [6.07, 6.45) is 1.04. The van der Waals surface area contributed by atoms with E-state index in [2.05, 4.69) is 17.2 Å². The summed E-state index contributed by atoms with van der Waals surface area (Å²) in [5.74, 6) is 4.06. The lowest BCUT2D eigenvalue weighted by atomic mass is 10.2. The fourth-order valence-electron chi connectivity index (χ4n) is 2.22. The first-order valence-corrected chi connectivity index (χ1v) is 9.18. The van der Waals surface area contributed by atoms with Crippen molar-refractivity contribution in [3.8, 4) is 23.3 Å². The van der Waals surface area contributed by atoms with Crippen LogP contribution in [0.1, 0.15) is 21.5 Å². The number of carbonyl (C=O) groups is 2. The molecule has 156 valence electrons. The summed E-state index contributed by atoms with van der Waals surface area (Å²) in [4.78, 5) is 22.2. The Labute approximate surface area is 183 Å². The van der Waals surface area contributed by atoms with Crippen LogP contribution in [0.4, 0.5) is 5.69 Å². The molecule has 0 aromatic heterocycles. The summed E-state index contributed by atoms with van der Waals surface area (Å²) in [6, 6.07) is 17.7. The average Bonchev–Trinajstić information content (AvgIpc) is 2.75. The first-order chi connectivity index (χ1) is 14.8. The molecule has 0 bridgehead atoms. The van der Waals surface area contributed by atoms with Crippen LogP contribution in [-0.4, -0.2) is 28.2 Å². The number of aromatic hydroxyl groups is 2. The second-order valence-corrected chi connectivity index (χ2v) is 6.43. The zero-order chi connectivity index (χ0) is 22.8. The van der Waals surface area contributed by atoms with Crippen molar-refractivity contribution < 1.29 is 19.8 Å². The van der Waals surface area contributed by atoms with Crippen LogP contribution in [0.5, 0.6) is 11.5 Å². The number of halogens is 1. The van der Waals surface area contributed by atoms with Crippen LogP contribution in [0.2, 0.25) is 5.02 Å². The van der Waals surface area contributed by atoms with E-state index in [-0.39, 0.29) is 22.1 Å². The van der Waals surface area contributed by atoms with E-state index in [9.17, 15) is 14.7 Å². The van der Waals surface area contributed by atoms with Gasteiger partial charge in [-0.25, -0.2) is 0 Å². The fraction of sp³-hybridized carbons (Fsp3) is 0. The van der Waals surface area contributed by atoms with Gasteiger partial charge in [-0.1, -0.05) is 35.7 Å². The number of rotatable bonds is 3. The molecule has 0 atom stereocenters. The third-order valence-electron chi connectivity index (χ3n) is 3.77. The minimum Gasteiger partial charge on any atom is -0.507 e. The molecule has 2 amide bonds. The summed E-state index contributed by atoms with van der Waals surface area (Å²) in [7, 11) is 0. The van der Waals surface area contributed by atoms with Gasteiger partial charge in [0.2, 0.25) is 5.91 Å². The average molecular weight is 436 g/mol. The number of phenolic OH excluding ortho intramolecular Hbond substituents is 2. The van der Waals surface area contributed by atoms with Crippen LogP contribution in [-0.2, 0) is 4.79 Å². The molecule has 0 spiro atoms. The summed E-state index contributed by atoms with van der Waals surface area (Å²) in [5, 5.41) is 28.3. The Kier molecular flexibility index (Phi) is 8.20. The molecule has 0 aliphatic carbocycles. The number of carbonyl (C=O) groups excluding carboxylic acids is 2. The van der Waals surface area contributed by atoms with E-state index in [1.165, 1.54) is 24.3 Å². The van der Waals surface area contributed by atoms with Crippen molar-refractivity contribution in [2.24, 2.45) is 5.73 Å². The Morgan fingerprint density at radius 2 is 1.71 bits per heavy atom. The van der Waals surface area contributed by atoms with Gasteiger partial charge < -0.3 is 26.7 Å². The molecule has 6 N–H and O–H groups in total. The second-order valence-electron chi connectivity index (χ2n) is 6.02. The molecule has 3 aromatic carbocycles. The van der Waals surface area contributed by atoms with E-state index in [0.717, 1.165) is 11.8 Å². The van der Waals surface area contributed by atoms with E-state index in [1.807, 2.05) is 30.3 Å². The molecular formula is C23H18ClN3O4. The van der Waals surface area contributed by atoms with Crippen molar-refractivity contribution >= 4 is 35.3 Å². The number of hydrogen-bond donors (Lipinski definition) is 5. The van der Waals surface area contributed by atoms with Crippen LogP contribution in [0.3, 0.4) is 0 Å². The van der Waals surface area contributed by atoms with Gasteiger partial charge in [0, 0.05) is 40.6 Å². The number of amides is 2. The lowest BCUT2D eigenvalue weighted by Crippen LogP contribution is -2.10. The maximum Gasteiger partial charge on any atom is 0.300 e. The molecular weight excluding hydrogens is 418 g/mol. The maximum atomic E-state index is 11.6. The van der Waals surface area contributed by atoms with Crippen LogP contribution in [0.15, 0.2) is 66.7 Å². The van der Waals surface area contributed by atoms with Gasteiger partial charge in [-0.3, -0.25) is 9.59 Å². The molecule has 0 fully saturated rings. The highest BCUT2D eigenvalue weighted by Crippen LogP contribution is 2.23. The normalized spacial score (nSPS) is 9.32. The van der Waals surface area contributed by atoms with E-state index in [4.69, 9.17) is 27.9 Å². The third-order valence-corrected chi connectivity index (χ3v) is 4.07. The van der Waals surface area contributed by atoms with Gasteiger partial charge in [0.25, 0.3) is 0 Å². The Hall–Kier alpha value is -4.28. The smallest absolute Gasteiger partial charge is 0.300 e. The highest BCUT2D eigenvalue weighted by atomic mass is 35.5. The van der Waals surface area contributed by atoms with Crippen LogP contribution < -0.4 is 11.1 Å². The van der Waals surface area contributed by atoms with Gasteiger partial charge in [0.05, 0.1) is 5.02 Å². The monoisotopic (exact) mass is 435 g/mol. The molecule has 0 heterocycles. The molecule has 3 rings (SSSR count). The van der Waals surface area contributed by atoms with Crippen molar-refractivity contribution in [3.63, 3.8) is 0 Å². The second kappa shape index (κ2) is 11.0. The fourth-order valence-corrected chi connectivity index (χ4v) is 2.40. The molecule has 0 radical (unpaired) electrons. The topological polar surface area (TPSA) is 136 Å². The van der Waals surface area contributed by atoms with Crippen molar-refractivity contribution in [1.82, 2.24) is 0 Å². The Bertz CT molecular complexity index is 1170. The van der Waals surface area contributed by atoms with Gasteiger partial charge in [-0.2, -0.15) is 0 Å². The van der Waals surface area contributed by atoms with Crippen molar-refractivity contribution in [1.29, 1.82) is 5.41 Å². The predicted molar refractivity (Wildman–Crippen MR) is 120 cm³/mol. The highest BCUT2D eigenvalue weighted by molar-refractivity contribution is 6.32. The van der Waals surface area contributed by atoms with Gasteiger partial charge in [0.1, 0.15) is 11.5 Å². The Balaban J connectivity index is 0.000000262. The molecule has 31 heavy (non-hydrogen) atoms. The van der Waals surface area contributed by atoms with Crippen molar-refractivity contribution in [3.05, 3.63) is 88.4 Å². The van der Waals surface area contributed by atoms with Gasteiger partial charge in [-0.15, -0.1) is 0 Å². The lowest BCUT2D eigenvalue weighted by molar-refractivity contribution is -0.111. The predicted octanol–water partition coefficient (Wildman–Crippen LogP) is 3.52. The number of primary amides is 1. The zero-order valence-corrected chi connectivity index (χ0v) is 16.9. The Morgan fingerprint density at radius 1 is 1.00 bits per heavy atom. The molecule has 0 saturated carbocycles. The number of anilines is 1. The van der Waals surface area contributed by atoms with Crippen molar-refractivity contribution in [2.75, 3.05) is 5.32 Å². The first-order valence-electron chi connectivity index (χ1n) is 8.80. The molecule has 8 heteroatoms. The third kappa shape index (κ3) is 7.24. The number of phenols is 2. The maximum absolute atomic E-state index is 11.6. The van der Waals surface area contributed by atoms with Gasteiger partial charge >= 0.3 is 5.91 Å². The highest BCUT2D eigenvalue weighted by Gasteiger charge is 2.04. The number of nitrogens with one attached hydrogen (secondary N) is 2. The number of benzene rings is 3. The van der Waals surface area contributed by atoms with E-state index in [0.29, 0.717) is 11.3 Å². The van der Waals surface area contributed by atoms with Gasteiger partial charge in [-0.05, 0) is 42.5 Å². The zero-order valence-electron chi connectivity index (χ0n) is 16.1. The summed E-state index contributed by atoms with van der Waals surface area (Å²) >= 11 is 5.50. The summed E-state index contributed by atoms with van der Waals surface area (Å²) < 4.78 is 0. The molecule has 0 aliphatic heterocycles. The minimum absolute atomic E-state index is 0.0586. The molecule has 3 aromatic rings. The first kappa shape index (κ1) is 23.0. The largest absolute Gasteiger partial charge is 0.507 e. The molecule has 7 nitrogen and oxygen atoms in total. The molecule has 0 saturated heterocycles. The van der Waals surface area contributed by atoms with E-state index < -0.39 is 11.8 Å². The van der Waals surface area contributed by atoms with Crippen molar-refractivity contribution in [2.45, 2.75) is 0 Å². The molecule has 0 aliphatic rings. The molecule has 0 unspecified atom stereocenters. The quantitative estimate of drug-likeness (QED) is 0.317. The van der Waals surface area contributed by atoms with E-state index in [1.54, 1.807) is 12.1 Å². The van der Waals surface area contributed by atoms with Crippen LogP contribution in [0, 0.1) is 17.3 Å². The Morgan fingerprint density at radius 3 is 2.29 bits per heavy atom. The number of nitrogens with two attached hydrogens (primary N) is 1.